The lowest BCUT2D eigenvalue weighted by atomic mass is 10.3. The van der Waals surface area contributed by atoms with E-state index in [0.29, 0.717) is 24.6 Å². The van der Waals surface area contributed by atoms with Crippen LogP contribution in [0.1, 0.15) is 0 Å². The summed E-state index contributed by atoms with van der Waals surface area (Å²) >= 11 is 3.36. The van der Waals surface area contributed by atoms with Gasteiger partial charge in [-0.25, -0.2) is 0 Å². The van der Waals surface area contributed by atoms with Crippen LogP contribution in [0, 0.1) is 0 Å². The molecule has 14 heavy (non-hydrogen) atoms. The van der Waals surface area contributed by atoms with Gasteiger partial charge in [-0.3, -0.25) is 0 Å². The van der Waals surface area contributed by atoms with Crippen molar-refractivity contribution in [3.05, 3.63) is 22.7 Å². The van der Waals surface area contributed by atoms with Gasteiger partial charge in [0.05, 0.1) is 9.86 Å². The number of aromatic nitrogens is 1. The van der Waals surface area contributed by atoms with E-state index in [9.17, 15) is 0 Å². The second kappa shape index (κ2) is 3.98. The molecule has 1 aromatic heterocycles. The first-order valence-electron chi connectivity index (χ1n) is 4.19. The standard InChI is InChI=1S/C9H9BrN2O2/c10-7-3-1-2-6-8(7)14-12-9(6)13-5-4-11/h1-3H,4-5,11H2. The maximum atomic E-state index is 5.33. The Bertz CT molecular complexity index is 441. The number of nitrogens with zero attached hydrogens (tertiary/aromatic N) is 1. The first kappa shape index (κ1) is 9.48. The Morgan fingerprint density at radius 3 is 3.14 bits per heavy atom. The summed E-state index contributed by atoms with van der Waals surface area (Å²) in [7, 11) is 0. The molecule has 1 heterocycles. The fourth-order valence-electron chi connectivity index (χ4n) is 1.17. The molecule has 0 saturated carbocycles. The van der Waals surface area contributed by atoms with Crippen molar-refractivity contribution in [2.45, 2.75) is 0 Å². The van der Waals surface area contributed by atoms with E-state index in [1.807, 2.05) is 18.2 Å². The topological polar surface area (TPSA) is 61.3 Å². The summed E-state index contributed by atoms with van der Waals surface area (Å²) in [6.45, 7) is 0.899. The predicted molar refractivity (Wildman–Crippen MR) is 56.3 cm³/mol. The third-order valence-corrected chi connectivity index (χ3v) is 2.40. The fourth-order valence-corrected chi connectivity index (χ4v) is 1.60. The van der Waals surface area contributed by atoms with Crippen molar-refractivity contribution >= 4 is 26.9 Å². The van der Waals surface area contributed by atoms with Gasteiger partial charge < -0.3 is 15.0 Å². The minimum absolute atomic E-state index is 0.439. The van der Waals surface area contributed by atoms with E-state index in [1.54, 1.807) is 0 Å². The number of nitrogens with two attached hydrogens (primary N) is 1. The molecule has 0 spiro atoms. The molecule has 0 saturated heterocycles. The molecule has 0 aliphatic heterocycles. The highest BCUT2D eigenvalue weighted by atomic mass is 79.9. The van der Waals surface area contributed by atoms with Crippen molar-refractivity contribution in [2.75, 3.05) is 13.2 Å². The van der Waals surface area contributed by atoms with Crippen LogP contribution in [-0.2, 0) is 0 Å². The van der Waals surface area contributed by atoms with Gasteiger partial charge in [0, 0.05) is 6.54 Å². The molecule has 0 aliphatic carbocycles. The number of fused-ring (bicyclic) bond motifs is 1. The molecular formula is C9H9BrN2O2. The molecular weight excluding hydrogens is 248 g/mol. The zero-order valence-electron chi connectivity index (χ0n) is 7.37. The number of para-hydroxylation sites is 1. The summed E-state index contributed by atoms with van der Waals surface area (Å²) in [5, 5.41) is 4.67. The molecule has 0 bridgehead atoms. The average molecular weight is 257 g/mol. The predicted octanol–water partition coefficient (Wildman–Crippen LogP) is 1.93. The molecule has 2 N–H and O–H groups in total. The molecule has 0 radical (unpaired) electrons. The molecule has 74 valence electrons. The normalized spacial score (nSPS) is 10.7. The Kier molecular flexibility index (Phi) is 2.69. The molecule has 2 aromatic rings. The number of ether oxygens (including phenoxy) is 1. The smallest absolute Gasteiger partial charge is 0.262 e. The number of benzene rings is 1. The van der Waals surface area contributed by atoms with Crippen LogP contribution in [0.5, 0.6) is 5.88 Å². The minimum atomic E-state index is 0.439. The third-order valence-electron chi connectivity index (χ3n) is 1.77. The van der Waals surface area contributed by atoms with Crippen LogP contribution in [0.3, 0.4) is 0 Å². The SMILES string of the molecule is NCCOc1noc2c(Br)cccc12. The second-order valence-corrected chi connectivity index (χ2v) is 3.60. The largest absolute Gasteiger partial charge is 0.474 e. The van der Waals surface area contributed by atoms with Gasteiger partial charge in [0.2, 0.25) is 0 Å². The van der Waals surface area contributed by atoms with Crippen molar-refractivity contribution in [3.63, 3.8) is 0 Å². The van der Waals surface area contributed by atoms with Crippen molar-refractivity contribution < 1.29 is 9.26 Å². The van der Waals surface area contributed by atoms with Gasteiger partial charge in [0.1, 0.15) is 6.61 Å². The van der Waals surface area contributed by atoms with Gasteiger partial charge >= 0.3 is 0 Å². The molecule has 0 fully saturated rings. The molecule has 5 heteroatoms. The van der Waals surface area contributed by atoms with Crippen molar-refractivity contribution in [3.8, 4) is 5.88 Å². The van der Waals surface area contributed by atoms with Gasteiger partial charge in [-0.05, 0) is 33.2 Å². The first-order valence-corrected chi connectivity index (χ1v) is 4.99. The molecule has 0 amide bonds. The lowest BCUT2D eigenvalue weighted by Crippen LogP contribution is -2.10. The number of hydrogen-bond acceptors (Lipinski definition) is 4. The van der Waals surface area contributed by atoms with Gasteiger partial charge in [-0.1, -0.05) is 6.07 Å². The molecule has 2 rings (SSSR count). The van der Waals surface area contributed by atoms with Crippen LogP contribution in [0.15, 0.2) is 27.2 Å². The Morgan fingerprint density at radius 1 is 1.50 bits per heavy atom. The van der Waals surface area contributed by atoms with Crippen LogP contribution in [0.25, 0.3) is 11.0 Å². The summed E-state index contributed by atoms with van der Waals surface area (Å²) in [5.41, 5.74) is 6.02. The average Bonchev–Trinajstić information content (AvgIpc) is 2.60. The van der Waals surface area contributed by atoms with Gasteiger partial charge in [0.15, 0.2) is 5.58 Å². The van der Waals surface area contributed by atoms with E-state index in [2.05, 4.69) is 21.1 Å². The van der Waals surface area contributed by atoms with E-state index < -0.39 is 0 Å². The fraction of sp³-hybridized carbons (Fsp3) is 0.222. The van der Waals surface area contributed by atoms with E-state index in [4.69, 9.17) is 15.0 Å². The highest BCUT2D eigenvalue weighted by molar-refractivity contribution is 9.10. The number of halogens is 1. The van der Waals surface area contributed by atoms with Crippen LogP contribution in [0.4, 0.5) is 0 Å². The van der Waals surface area contributed by atoms with Crippen LogP contribution in [0.2, 0.25) is 0 Å². The zero-order valence-corrected chi connectivity index (χ0v) is 8.95. The number of hydrogen-bond donors (Lipinski definition) is 1. The monoisotopic (exact) mass is 256 g/mol. The maximum absolute atomic E-state index is 5.33. The Morgan fingerprint density at radius 2 is 2.36 bits per heavy atom. The summed E-state index contributed by atoms with van der Waals surface area (Å²) in [6, 6.07) is 5.68. The van der Waals surface area contributed by atoms with Crippen molar-refractivity contribution in [1.29, 1.82) is 0 Å². The molecule has 0 aliphatic rings. The highest BCUT2D eigenvalue weighted by Crippen LogP contribution is 2.30. The summed E-state index contributed by atoms with van der Waals surface area (Å²) in [5.74, 6) is 0.492. The van der Waals surface area contributed by atoms with Gasteiger partial charge in [-0.2, -0.15) is 0 Å². The van der Waals surface area contributed by atoms with Gasteiger partial charge in [0.25, 0.3) is 5.88 Å². The van der Waals surface area contributed by atoms with Crippen molar-refractivity contribution in [1.82, 2.24) is 5.16 Å². The molecule has 4 nitrogen and oxygen atoms in total. The second-order valence-electron chi connectivity index (χ2n) is 2.74. The summed E-state index contributed by atoms with van der Waals surface area (Å²) in [6.07, 6.45) is 0. The number of rotatable bonds is 3. The van der Waals surface area contributed by atoms with Crippen LogP contribution in [-0.4, -0.2) is 18.3 Å². The zero-order chi connectivity index (χ0) is 9.97. The van der Waals surface area contributed by atoms with E-state index in [-0.39, 0.29) is 0 Å². The lowest BCUT2D eigenvalue weighted by molar-refractivity contribution is 0.293. The Balaban J connectivity index is 2.42. The Hall–Kier alpha value is -1.07. The Labute approximate surface area is 89.1 Å². The molecule has 0 unspecified atom stereocenters. The summed E-state index contributed by atoms with van der Waals surface area (Å²) in [4.78, 5) is 0. The first-order chi connectivity index (χ1) is 6.83. The van der Waals surface area contributed by atoms with Gasteiger partial charge in [-0.15, -0.1) is 0 Å². The quantitative estimate of drug-likeness (QED) is 0.912. The minimum Gasteiger partial charge on any atom is -0.474 e. The molecule has 0 atom stereocenters. The lowest BCUT2D eigenvalue weighted by Gasteiger charge is -1.98. The van der Waals surface area contributed by atoms with E-state index >= 15 is 0 Å². The summed E-state index contributed by atoms with van der Waals surface area (Å²) < 4.78 is 11.3. The molecule has 1 aromatic carbocycles. The van der Waals surface area contributed by atoms with E-state index in [1.165, 1.54) is 0 Å². The van der Waals surface area contributed by atoms with Crippen LogP contribution >= 0.6 is 15.9 Å². The van der Waals surface area contributed by atoms with Crippen molar-refractivity contribution in [2.24, 2.45) is 5.73 Å². The van der Waals surface area contributed by atoms with Crippen LogP contribution < -0.4 is 10.5 Å². The van der Waals surface area contributed by atoms with E-state index in [0.717, 1.165) is 9.86 Å². The maximum Gasteiger partial charge on any atom is 0.262 e. The highest BCUT2D eigenvalue weighted by Gasteiger charge is 2.10. The third kappa shape index (κ3) is 1.60.